The first-order valence-corrected chi connectivity index (χ1v) is 9.13. The van der Waals surface area contributed by atoms with Crippen LogP contribution in [0.2, 0.25) is 0 Å². The van der Waals surface area contributed by atoms with Gasteiger partial charge in [0.15, 0.2) is 17.8 Å². The fraction of sp³-hybridized carbons (Fsp3) is 0.889. The molecule has 0 aromatic rings. The van der Waals surface area contributed by atoms with Gasteiger partial charge in [-0.3, -0.25) is 0 Å². The van der Waals surface area contributed by atoms with Crippen LogP contribution in [0.3, 0.4) is 0 Å². The Bertz CT molecular complexity index is 422. The van der Waals surface area contributed by atoms with E-state index in [2.05, 4.69) is 0 Å². The molecule has 0 aromatic carbocycles. The van der Waals surface area contributed by atoms with Gasteiger partial charge in [0, 0.05) is 0 Å². The molecule has 26 heavy (non-hydrogen) atoms. The Labute approximate surface area is 156 Å². The molecule has 8 heteroatoms. The first kappa shape index (κ1) is 25.1. The Morgan fingerprint density at radius 1 is 1.00 bits per heavy atom. The minimum absolute atomic E-state index is 0.148. The molecule has 5 atom stereocenters. The zero-order chi connectivity index (χ0) is 20.5. The molecule has 0 aliphatic rings. The Hall–Kier alpha value is -0.900. The summed E-state index contributed by atoms with van der Waals surface area (Å²) in [5.41, 5.74) is 4.83. The largest absolute Gasteiger partial charge is 0.506 e. The van der Waals surface area contributed by atoms with E-state index in [9.17, 15) is 20.4 Å². The lowest BCUT2D eigenvalue weighted by molar-refractivity contribution is -0.233. The second-order valence-electron chi connectivity index (χ2n) is 7.25. The molecule has 0 amide bonds. The third-order valence-corrected chi connectivity index (χ3v) is 3.67. The lowest BCUT2D eigenvalue weighted by Gasteiger charge is -2.30. The van der Waals surface area contributed by atoms with Crippen molar-refractivity contribution in [1.29, 1.82) is 0 Å². The van der Waals surface area contributed by atoms with Crippen molar-refractivity contribution < 1.29 is 34.6 Å². The summed E-state index contributed by atoms with van der Waals surface area (Å²) in [4.78, 5) is 0. The van der Waals surface area contributed by atoms with Gasteiger partial charge in [-0.25, -0.2) is 0 Å². The molecule has 5 unspecified atom stereocenters. The standard InChI is InChI=1S/C18H37NO7/c1-7-11(3)24-17(12(20)8-2)25-13(9-10-19)14(21)15(22)16(23)26-18(4,5)6/h11-13,16-17,20-23H,7-10,19H2,1-6H3/b15-14-. The molecule has 0 saturated carbocycles. The molecule has 0 fully saturated rings. The summed E-state index contributed by atoms with van der Waals surface area (Å²) in [6.07, 6.45) is -3.65. The van der Waals surface area contributed by atoms with Crippen molar-refractivity contribution in [3.63, 3.8) is 0 Å². The minimum Gasteiger partial charge on any atom is -0.506 e. The van der Waals surface area contributed by atoms with Crippen LogP contribution in [0.4, 0.5) is 0 Å². The molecule has 0 aliphatic carbocycles. The molecular formula is C18H37NO7. The monoisotopic (exact) mass is 379 g/mol. The van der Waals surface area contributed by atoms with Crippen LogP contribution in [0.5, 0.6) is 0 Å². The summed E-state index contributed by atoms with van der Waals surface area (Å²) >= 11 is 0. The van der Waals surface area contributed by atoms with Crippen LogP contribution >= 0.6 is 0 Å². The molecule has 0 saturated heterocycles. The van der Waals surface area contributed by atoms with Gasteiger partial charge in [0.2, 0.25) is 6.29 Å². The molecule has 0 bridgehead atoms. The van der Waals surface area contributed by atoms with Crippen molar-refractivity contribution in [2.75, 3.05) is 6.54 Å². The lowest BCUT2D eigenvalue weighted by atomic mass is 10.1. The first-order valence-electron chi connectivity index (χ1n) is 9.13. The SMILES string of the molecule is CCC(C)OC(OC(CCN)/C(O)=C(/O)C(O)OC(C)(C)C)C(O)CC. The first-order chi connectivity index (χ1) is 12.0. The van der Waals surface area contributed by atoms with Crippen molar-refractivity contribution >= 4 is 0 Å². The Balaban J connectivity index is 5.41. The van der Waals surface area contributed by atoms with E-state index in [4.69, 9.17) is 19.9 Å². The van der Waals surface area contributed by atoms with Gasteiger partial charge in [-0.1, -0.05) is 13.8 Å². The molecule has 0 aromatic heterocycles. The predicted octanol–water partition coefficient (Wildman–Crippen LogP) is 2.09. The van der Waals surface area contributed by atoms with E-state index < -0.39 is 41.9 Å². The van der Waals surface area contributed by atoms with Crippen molar-refractivity contribution in [2.24, 2.45) is 5.73 Å². The molecule has 0 radical (unpaired) electrons. The number of aliphatic hydroxyl groups excluding tert-OH is 4. The summed E-state index contributed by atoms with van der Waals surface area (Å²) in [7, 11) is 0. The van der Waals surface area contributed by atoms with Crippen molar-refractivity contribution in [3.8, 4) is 0 Å². The summed E-state index contributed by atoms with van der Waals surface area (Å²) in [5, 5.41) is 40.6. The molecule has 156 valence electrons. The van der Waals surface area contributed by atoms with Crippen molar-refractivity contribution in [1.82, 2.24) is 0 Å². The fourth-order valence-corrected chi connectivity index (χ4v) is 2.00. The second-order valence-corrected chi connectivity index (χ2v) is 7.25. The van der Waals surface area contributed by atoms with E-state index in [-0.39, 0.29) is 19.1 Å². The average Bonchev–Trinajstić information content (AvgIpc) is 2.56. The number of nitrogens with two attached hydrogens (primary N) is 1. The van der Waals surface area contributed by atoms with Crippen molar-refractivity contribution in [2.45, 2.75) is 97.3 Å². The number of ether oxygens (including phenoxy) is 3. The van der Waals surface area contributed by atoms with E-state index in [1.165, 1.54) is 0 Å². The fourth-order valence-electron chi connectivity index (χ4n) is 2.00. The van der Waals surface area contributed by atoms with Crippen LogP contribution in [0.1, 0.15) is 60.8 Å². The Morgan fingerprint density at radius 2 is 1.58 bits per heavy atom. The van der Waals surface area contributed by atoms with Crippen LogP contribution in [0.25, 0.3) is 0 Å². The quantitative estimate of drug-likeness (QED) is 0.257. The highest BCUT2D eigenvalue weighted by Crippen LogP contribution is 2.22. The normalized spacial score (nSPS) is 19.4. The van der Waals surface area contributed by atoms with Gasteiger partial charge in [-0.2, -0.15) is 0 Å². The highest BCUT2D eigenvalue weighted by molar-refractivity contribution is 5.07. The van der Waals surface area contributed by atoms with E-state index in [0.717, 1.165) is 0 Å². The third kappa shape index (κ3) is 9.16. The molecule has 0 spiro atoms. The summed E-state index contributed by atoms with van der Waals surface area (Å²) in [6.45, 7) is 10.8. The van der Waals surface area contributed by atoms with Crippen LogP contribution < -0.4 is 5.73 Å². The molecule has 0 rings (SSSR count). The van der Waals surface area contributed by atoms with Crippen LogP contribution in [-0.2, 0) is 14.2 Å². The van der Waals surface area contributed by atoms with Crippen LogP contribution in [0, 0.1) is 0 Å². The molecule has 0 aliphatic heterocycles. The smallest absolute Gasteiger partial charge is 0.218 e. The molecule has 0 heterocycles. The Morgan fingerprint density at radius 3 is 2.00 bits per heavy atom. The van der Waals surface area contributed by atoms with E-state index in [1.54, 1.807) is 27.7 Å². The molecule has 6 N–H and O–H groups in total. The van der Waals surface area contributed by atoms with Gasteiger partial charge in [0.1, 0.15) is 12.2 Å². The van der Waals surface area contributed by atoms with Gasteiger partial charge in [0.05, 0.1) is 11.7 Å². The number of hydrogen-bond acceptors (Lipinski definition) is 8. The maximum absolute atomic E-state index is 10.3. The third-order valence-electron chi connectivity index (χ3n) is 3.67. The second kappa shape index (κ2) is 11.7. The number of hydrogen-bond donors (Lipinski definition) is 5. The van der Waals surface area contributed by atoms with Gasteiger partial charge in [-0.15, -0.1) is 0 Å². The van der Waals surface area contributed by atoms with Crippen LogP contribution in [0.15, 0.2) is 11.5 Å². The van der Waals surface area contributed by atoms with E-state index >= 15 is 0 Å². The summed E-state index contributed by atoms with van der Waals surface area (Å²) in [6, 6.07) is 0. The maximum Gasteiger partial charge on any atom is 0.218 e. The highest BCUT2D eigenvalue weighted by atomic mass is 16.7. The highest BCUT2D eigenvalue weighted by Gasteiger charge is 2.31. The van der Waals surface area contributed by atoms with E-state index in [1.807, 2.05) is 13.8 Å². The topological polar surface area (TPSA) is 135 Å². The zero-order valence-electron chi connectivity index (χ0n) is 16.8. The Kier molecular flexibility index (Phi) is 11.3. The minimum atomic E-state index is -1.72. The number of rotatable bonds is 12. The van der Waals surface area contributed by atoms with Crippen molar-refractivity contribution in [3.05, 3.63) is 11.5 Å². The van der Waals surface area contributed by atoms with E-state index in [0.29, 0.717) is 12.8 Å². The van der Waals surface area contributed by atoms with Gasteiger partial charge in [0.25, 0.3) is 0 Å². The van der Waals surface area contributed by atoms with Gasteiger partial charge >= 0.3 is 0 Å². The average molecular weight is 379 g/mol. The van der Waals surface area contributed by atoms with Gasteiger partial charge in [-0.05, 0) is 53.5 Å². The lowest BCUT2D eigenvalue weighted by Crippen LogP contribution is -2.39. The number of aliphatic hydroxyl groups is 4. The molecular weight excluding hydrogens is 342 g/mol. The zero-order valence-corrected chi connectivity index (χ0v) is 16.8. The molecule has 8 nitrogen and oxygen atoms in total. The predicted molar refractivity (Wildman–Crippen MR) is 98.6 cm³/mol. The maximum atomic E-state index is 10.3. The van der Waals surface area contributed by atoms with Gasteiger partial charge < -0.3 is 40.4 Å². The summed E-state index contributed by atoms with van der Waals surface area (Å²) in [5.74, 6) is -1.36. The summed E-state index contributed by atoms with van der Waals surface area (Å²) < 4.78 is 16.6. The van der Waals surface area contributed by atoms with Crippen LogP contribution in [-0.4, -0.2) is 63.5 Å².